The number of amides is 2. The minimum Gasteiger partial charge on any atom is -0.490 e. The van der Waals surface area contributed by atoms with Gasteiger partial charge < -0.3 is 14.8 Å². The number of hydrazone groups is 1. The van der Waals surface area contributed by atoms with Crippen molar-refractivity contribution in [3.05, 3.63) is 67.8 Å². The molecule has 2 rings (SSSR count). The number of nitro groups is 2. The van der Waals surface area contributed by atoms with Crippen molar-refractivity contribution in [1.82, 2.24) is 10.7 Å². The predicted octanol–water partition coefficient (Wildman–Crippen LogP) is 3.10. The van der Waals surface area contributed by atoms with Gasteiger partial charge in [-0.05, 0) is 43.0 Å². The molecule has 0 aliphatic carbocycles. The van der Waals surface area contributed by atoms with Gasteiger partial charge in [0.1, 0.15) is 12.1 Å². The quantitative estimate of drug-likeness (QED) is 0.223. The summed E-state index contributed by atoms with van der Waals surface area (Å²) in [4.78, 5) is 46.1. The minimum absolute atomic E-state index is 0.0378. The van der Waals surface area contributed by atoms with Crippen LogP contribution in [0.4, 0.5) is 11.4 Å². The van der Waals surface area contributed by atoms with Crippen molar-refractivity contribution in [2.45, 2.75) is 33.2 Å². The molecule has 0 saturated heterocycles. The number of carbonyl (C=O) groups excluding carboxylic acids is 2. The molecule has 1 atom stereocenters. The first-order valence-electron chi connectivity index (χ1n) is 11.4. The van der Waals surface area contributed by atoms with E-state index in [2.05, 4.69) is 15.8 Å². The number of carbonyl (C=O) groups is 2. The van der Waals surface area contributed by atoms with Gasteiger partial charge >= 0.3 is 0 Å². The molecule has 38 heavy (non-hydrogen) atoms. The standard InChI is InChI=1S/C24H26N6O8/c1-4-37-22-10-16(5-6-21(22)38-8-7-25)14-26-28-24(32)20(9-15(2)3)27-23(31)17-11-18(29(33)34)13-19(12-17)30(35)36/h5-6,10-15,20H,4,8-9H2,1-3H3,(H,27,31)(H,28,32)/b26-14-/t20-/m1/s1. The van der Waals surface area contributed by atoms with Gasteiger partial charge in [-0.2, -0.15) is 10.4 Å². The third-order valence-electron chi connectivity index (χ3n) is 4.86. The molecule has 2 aromatic carbocycles. The molecule has 0 spiro atoms. The molecule has 0 radical (unpaired) electrons. The molecule has 2 amide bonds. The maximum Gasteiger partial charge on any atom is 0.277 e. The molecule has 0 bridgehead atoms. The summed E-state index contributed by atoms with van der Waals surface area (Å²) in [6.45, 7) is 5.61. The Labute approximate surface area is 217 Å². The van der Waals surface area contributed by atoms with E-state index in [0.717, 1.165) is 18.2 Å². The fourth-order valence-electron chi connectivity index (χ4n) is 3.23. The van der Waals surface area contributed by atoms with Gasteiger partial charge in [-0.15, -0.1) is 0 Å². The molecule has 0 aromatic heterocycles. The van der Waals surface area contributed by atoms with Crippen LogP contribution in [0.2, 0.25) is 0 Å². The van der Waals surface area contributed by atoms with Gasteiger partial charge in [0.05, 0.1) is 34.3 Å². The number of nitriles is 1. The first-order valence-corrected chi connectivity index (χ1v) is 11.4. The van der Waals surface area contributed by atoms with Crippen LogP contribution in [-0.4, -0.2) is 47.1 Å². The second-order valence-electron chi connectivity index (χ2n) is 8.23. The molecule has 0 unspecified atom stereocenters. The summed E-state index contributed by atoms with van der Waals surface area (Å²) in [7, 11) is 0. The zero-order chi connectivity index (χ0) is 28.2. The molecule has 200 valence electrons. The summed E-state index contributed by atoms with van der Waals surface area (Å²) in [5.74, 6) is -0.841. The lowest BCUT2D eigenvalue weighted by Gasteiger charge is -2.19. The highest BCUT2D eigenvalue weighted by molar-refractivity contribution is 5.98. The number of benzene rings is 2. The number of non-ortho nitro benzene ring substituents is 2. The zero-order valence-corrected chi connectivity index (χ0v) is 20.9. The summed E-state index contributed by atoms with van der Waals surface area (Å²) in [6, 6.07) is 8.14. The average Bonchev–Trinajstić information content (AvgIpc) is 2.87. The monoisotopic (exact) mass is 526 g/mol. The lowest BCUT2D eigenvalue weighted by Crippen LogP contribution is -2.46. The largest absolute Gasteiger partial charge is 0.490 e. The second kappa shape index (κ2) is 13.9. The molecule has 14 heteroatoms. The molecular formula is C24H26N6O8. The lowest BCUT2D eigenvalue weighted by atomic mass is 10.0. The maximum atomic E-state index is 12.8. The number of ether oxygens (including phenoxy) is 2. The van der Waals surface area contributed by atoms with Crippen LogP contribution in [-0.2, 0) is 4.79 Å². The van der Waals surface area contributed by atoms with Crippen LogP contribution in [0.5, 0.6) is 11.5 Å². The number of nitrogens with one attached hydrogen (secondary N) is 2. The Hall–Kier alpha value is -5.06. The first kappa shape index (κ1) is 29.2. The number of nitrogens with zero attached hydrogens (tertiary/aromatic N) is 4. The van der Waals surface area contributed by atoms with Crippen LogP contribution in [0.15, 0.2) is 41.5 Å². The Bertz CT molecular complexity index is 1240. The lowest BCUT2D eigenvalue weighted by molar-refractivity contribution is -0.394. The third-order valence-corrected chi connectivity index (χ3v) is 4.86. The fourth-order valence-corrected chi connectivity index (χ4v) is 3.23. The van der Waals surface area contributed by atoms with E-state index in [9.17, 15) is 29.8 Å². The predicted molar refractivity (Wildman–Crippen MR) is 135 cm³/mol. The van der Waals surface area contributed by atoms with E-state index >= 15 is 0 Å². The van der Waals surface area contributed by atoms with Crippen LogP contribution in [0, 0.1) is 37.5 Å². The van der Waals surface area contributed by atoms with Crippen LogP contribution in [0.1, 0.15) is 43.1 Å². The van der Waals surface area contributed by atoms with Crippen molar-refractivity contribution in [1.29, 1.82) is 5.26 Å². The fraction of sp³-hybridized carbons (Fsp3) is 0.333. The second-order valence-corrected chi connectivity index (χ2v) is 8.23. The molecule has 0 heterocycles. The van der Waals surface area contributed by atoms with E-state index < -0.39 is 39.1 Å². The van der Waals surface area contributed by atoms with Gasteiger partial charge in [0, 0.05) is 12.1 Å². The summed E-state index contributed by atoms with van der Waals surface area (Å²) in [6.07, 6.45) is 1.54. The summed E-state index contributed by atoms with van der Waals surface area (Å²) in [5.41, 5.74) is 1.29. The first-order chi connectivity index (χ1) is 18.0. The molecule has 0 fully saturated rings. The Morgan fingerprint density at radius 2 is 1.74 bits per heavy atom. The van der Waals surface area contributed by atoms with Gasteiger partial charge in [0.2, 0.25) is 0 Å². The molecular weight excluding hydrogens is 500 g/mol. The number of rotatable bonds is 13. The van der Waals surface area contributed by atoms with Crippen LogP contribution in [0.3, 0.4) is 0 Å². The minimum atomic E-state index is -1.08. The van der Waals surface area contributed by atoms with Gasteiger partial charge in [-0.1, -0.05) is 13.8 Å². The number of nitro benzene ring substituents is 2. The molecule has 2 N–H and O–H groups in total. The molecule has 0 aliphatic heterocycles. The molecule has 0 saturated carbocycles. The van der Waals surface area contributed by atoms with Gasteiger partial charge in [-0.3, -0.25) is 29.8 Å². The molecule has 0 aliphatic rings. The highest BCUT2D eigenvalue weighted by Crippen LogP contribution is 2.28. The van der Waals surface area contributed by atoms with E-state index in [-0.39, 0.29) is 24.5 Å². The SMILES string of the molecule is CCOc1cc(/C=N\NC(=O)[C@@H](CC(C)C)NC(=O)c2cc([N+](=O)[O-])cc([N+](=O)[O-])c2)ccc1OCC#N. The normalized spacial score (nSPS) is 11.4. The number of hydrogen-bond acceptors (Lipinski definition) is 10. The number of hydrogen-bond donors (Lipinski definition) is 2. The van der Waals surface area contributed by atoms with E-state index in [4.69, 9.17) is 14.7 Å². The highest BCUT2D eigenvalue weighted by atomic mass is 16.6. The van der Waals surface area contributed by atoms with Crippen molar-refractivity contribution >= 4 is 29.4 Å². The molecule has 14 nitrogen and oxygen atoms in total. The van der Waals surface area contributed by atoms with Crippen molar-refractivity contribution in [2.75, 3.05) is 13.2 Å². The summed E-state index contributed by atoms with van der Waals surface area (Å²) >= 11 is 0. The third kappa shape index (κ3) is 8.55. The molecule has 2 aromatic rings. The van der Waals surface area contributed by atoms with Crippen LogP contribution >= 0.6 is 0 Å². The topological polar surface area (TPSA) is 199 Å². The van der Waals surface area contributed by atoms with E-state index in [1.54, 1.807) is 25.1 Å². The van der Waals surface area contributed by atoms with Gasteiger partial charge in [0.15, 0.2) is 18.1 Å². The van der Waals surface area contributed by atoms with E-state index in [0.29, 0.717) is 23.7 Å². The zero-order valence-electron chi connectivity index (χ0n) is 20.9. The highest BCUT2D eigenvalue weighted by Gasteiger charge is 2.25. The maximum absolute atomic E-state index is 12.8. The van der Waals surface area contributed by atoms with Crippen molar-refractivity contribution < 1.29 is 28.9 Å². The average molecular weight is 527 g/mol. The Kier molecular flexibility index (Phi) is 10.7. The van der Waals surface area contributed by atoms with Crippen molar-refractivity contribution in [3.8, 4) is 17.6 Å². The summed E-state index contributed by atoms with van der Waals surface area (Å²) in [5, 5.41) is 37.3. The Morgan fingerprint density at radius 1 is 1.08 bits per heavy atom. The smallest absolute Gasteiger partial charge is 0.277 e. The summed E-state index contributed by atoms with van der Waals surface area (Å²) < 4.78 is 10.8. The van der Waals surface area contributed by atoms with E-state index in [1.165, 1.54) is 6.21 Å². The van der Waals surface area contributed by atoms with Crippen molar-refractivity contribution in [2.24, 2.45) is 11.0 Å². The van der Waals surface area contributed by atoms with E-state index in [1.807, 2.05) is 19.9 Å². The van der Waals surface area contributed by atoms with Crippen LogP contribution < -0.4 is 20.2 Å². The van der Waals surface area contributed by atoms with Gasteiger partial charge in [-0.25, -0.2) is 5.43 Å². The van der Waals surface area contributed by atoms with Gasteiger partial charge in [0.25, 0.3) is 23.2 Å². The van der Waals surface area contributed by atoms with Crippen LogP contribution in [0.25, 0.3) is 0 Å². The Balaban J connectivity index is 2.18. The Morgan fingerprint density at radius 3 is 2.29 bits per heavy atom. The van der Waals surface area contributed by atoms with Crippen molar-refractivity contribution in [3.63, 3.8) is 0 Å².